The summed E-state index contributed by atoms with van der Waals surface area (Å²) in [7, 11) is 1.97. The van der Waals surface area contributed by atoms with Gasteiger partial charge in [-0.25, -0.2) is 0 Å². The molecule has 96 valence electrons. The SMILES string of the molecule is CNCc1cnccc1N(CC(C)C)C(C)C. The van der Waals surface area contributed by atoms with Gasteiger partial charge in [0.15, 0.2) is 0 Å². The molecular weight excluding hydrogens is 210 g/mol. The maximum atomic E-state index is 4.22. The molecule has 0 saturated heterocycles. The van der Waals surface area contributed by atoms with E-state index in [9.17, 15) is 0 Å². The zero-order valence-corrected chi connectivity index (χ0v) is 11.7. The van der Waals surface area contributed by atoms with Gasteiger partial charge in [-0.2, -0.15) is 0 Å². The number of aromatic nitrogens is 1. The van der Waals surface area contributed by atoms with Crippen molar-refractivity contribution in [3.8, 4) is 0 Å². The van der Waals surface area contributed by atoms with Crippen molar-refractivity contribution in [1.82, 2.24) is 10.3 Å². The first-order valence-electron chi connectivity index (χ1n) is 6.40. The van der Waals surface area contributed by atoms with Crippen LogP contribution < -0.4 is 10.2 Å². The molecule has 1 aromatic heterocycles. The highest BCUT2D eigenvalue weighted by molar-refractivity contribution is 5.53. The van der Waals surface area contributed by atoms with E-state index in [1.54, 1.807) is 0 Å². The molecule has 0 spiro atoms. The number of nitrogens with one attached hydrogen (secondary N) is 1. The Labute approximate surface area is 105 Å². The molecule has 0 saturated carbocycles. The molecule has 0 fully saturated rings. The highest BCUT2D eigenvalue weighted by Gasteiger charge is 2.15. The lowest BCUT2D eigenvalue weighted by atomic mass is 10.1. The standard InChI is InChI=1S/C14H25N3/c1-11(2)10-17(12(3)4)14-6-7-16-9-13(14)8-15-5/h6-7,9,11-12,15H,8,10H2,1-5H3. The van der Waals surface area contributed by atoms with Gasteiger partial charge < -0.3 is 10.2 Å². The molecule has 0 aliphatic carbocycles. The predicted octanol–water partition coefficient (Wildman–Crippen LogP) is 2.67. The Hall–Kier alpha value is -1.09. The molecule has 1 N–H and O–H groups in total. The van der Waals surface area contributed by atoms with E-state index in [0.29, 0.717) is 12.0 Å². The van der Waals surface area contributed by atoms with E-state index in [1.807, 2.05) is 19.4 Å². The van der Waals surface area contributed by atoms with Crippen LogP contribution in [0.4, 0.5) is 5.69 Å². The lowest BCUT2D eigenvalue weighted by Crippen LogP contribution is -2.35. The van der Waals surface area contributed by atoms with Crippen LogP contribution in [0.2, 0.25) is 0 Å². The summed E-state index contributed by atoms with van der Waals surface area (Å²) < 4.78 is 0. The third-order valence-corrected chi connectivity index (χ3v) is 2.74. The number of nitrogens with zero attached hydrogens (tertiary/aromatic N) is 2. The van der Waals surface area contributed by atoms with Crippen molar-refractivity contribution >= 4 is 5.69 Å². The van der Waals surface area contributed by atoms with E-state index in [0.717, 1.165) is 13.1 Å². The minimum absolute atomic E-state index is 0.510. The van der Waals surface area contributed by atoms with Crippen LogP contribution in [0.3, 0.4) is 0 Å². The number of hydrogen-bond acceptors (Lipinski definition) is 3. The fourth-order valence-electron chi connectivity index (χ4n) is 2.01. The Kier molecular flexibility index (Phi) is 5.42. The zero-order chi connectivity index (χ0) is 12.8. The molecule has 0 bridgehead atoms. The lowest BCUT2D eigenvalue weighted by molar-refractivity contribution is 0.568. The summed E-state index contributed by atoms with van der Waals surface area (Å²) in [6, 6.07) is 2.63. The van der Waals surface area contributed by atoms with Gasteiger partial charge >= 0.3 is 0 Å². The largest absolute Gasteiger partial charge is 0.368 e. The molecule has 0 amide bonds. The molecule has 0 unspecified atom stereocenters. The summed E-state index contributed by atoms with van der Waals surface area (Å²) in [5, 5.41) is 3.20. The molecule has 0 aliphatic rings. The van der Waals surface area contributed by atoms with Crippen molar-refractivity contribution in [2.75, 3.05) is 18.5 Å². The fraction of sp³-hybridized carbons (Fsp3) is 0.643. The average molecular weight is 235 g/mol. The van der Waals surface area contributed by atoms with Crippen molar-refractivity contribution in [3.05, 3.63) is 24.0 Å². The van der Waals surface area contributed by atoms with Crippen LogP contribution >= 0.6 is 0 Å². The average Bonchev–Trinajstić information content (AvgIpc) is 2.27. The van der Waals surface area contributed by atoms with Crippen LogP contribution in [0.5, 0.6) is 0 Å². The maximum absolute atomic E-state index is 4.22. The number of hydrogen-bond donors (Lipinski definition) is 1. The predicted molar refractivity (Wildman–Crippen MR) is 74.3 cm³/mol. The van der Waals surface area contributed by atoms with E-state index in [4.69, 9.17) is 0 Å². The second-order valence-corrected chi connectivity index (χ2v) is 5.17. The van der Waals surface area contributed by atoms with E-state index in [2.05, 4.69) is 49.0 Å². The van der Waals surface area contributed by atoms with Crippen molar-refractivity contribution < 1.29 is 0 Å². The number of rotatable bonds is 6. The molecular formula is C14H25N3. The van der Waals surface area contributed by atoms with Gasteiger partial charge in [0.25, 0.3) is 0 Å². The minimum atomic E-state index is 0.510. The summed E-state index contributed by atoms with van der Waals surface area (Å²) in [6.45, 7) is 10.9. The zero-order valence-electron chi connectivity index (χ0n) is 11.7. The highest BCUT2D eigenvalue weighted by Crippen LogP contribution is 2.22. The van der Waals surface area contributed by atoms with Crippen LogP contribution in [0, 0.1) is 5.92 Å². The second-order valence-electron chi connectivity index (χ2n) is 5.17. The van der Waals surface area contributed by atoms with Crippen molar-refractivity contribution in [2.45, 2.75) is 40.3 Å². The van der Waals surface area contributed by atoms with Gasteiger partial charge in [0.1, 0.15) is 0 Å². The molecule has 17 heavy (non-hydrogen) atoms. The van der Waals surface area contributed by atoms with Gasteiger partial charge in [-0.3, -0.25) is 4.98 Å². The normalized spacial score (nSPS) is 11.2. The Bertz CT molecular complexity index is 334. The first-order chi connectivity index (χ1) is 8.06. The van der Waals surface area contributed by atoms with Crippen molar-refractivity contribution in [3.63, 3.8) is 0 Å². The molecule has 0 atom stereocenters. The third kappa shape index (κ3) is 4.00. The Morgan fingerprint density at radius 2 is 2.00 bits per heavy atom. The molecule has 1 heterocycles. The quantitative estimate of drug-likeness (QED) is 0.821. The van der Waals surface area contributed by atoms with Gasteiger partial charge in [-0.15, -0.1) is 0 Å². The van der Waals surface area contributed by atoms with E-state index in [1.165, 1.54) is 11.3 Å². The molecule has 1 aromatic rings. The van der Waals surface area contributed by atoms with Crippen molar-refractivity contribution in [2.24, 2.45) is 5.92 Å². The molecule has 0 aromatic carbocycles. The number of pyridine rings is 1. The fourth-order valence-corrected chi connectivity index (χ4v) is 2.01. The van der Waals surface area contributed by atoms with Gasteiger partial charge in [-0.05, 0) is 32.9 Å². The molecule has 0 radical (unpaired) electrons. The first kappa shape index (κ1) is 14.0. The van der Waals surface area contributed by atoms with Gasteiger partial charge in [0.05, 0.1) is 0 Å². The summed E-state index contributed by atoms with van der Waals surface area (Å²) in [4.78, 5) is 6.68. The summed E-state index contributed by atoms with van der Waals surface area (Å²) >= 11 is 0. The molecule has 1 rings (SSSR count). The molecule has 3 nitrogen and oxygen atoms in total. The van der Waals surface area contributed by atoms with Gasteiger partial charge in [0.2, 0.25) is 0 Å². The van der Waals surface area contributed by atoms with Crippen LogP contribution in [0.15, 0.2) is 18.5 Å². The number of anilines is 1. The Morgan fingerprint density at radius 1 is 1.29 bits per heavy atom. The van der Waals surface area contributed by atoms with Crippen LogP contribution in [0.1, 0.15) is 33.3 Å². The second kappa shape index (κ2) is 6.60. The summed E-state index contributed by atoms with van der Waals surface area (Å²) in [5.41, 5.74) is 2.57. The summed E-state index contributed by atoms with van der Waals surface area (Å²) in [6.07, 6.45) is 3.84. The highest BCUT2D eigenvalue weighted by atomic mass is 15.2. The molecule has 3 heteroatoms. The smallest absolute Gasteiger partial charge is 0.0445 e. The van der Waals surface area contributed by atoms with E-state index < -0.39 is 0 Å². The van der Waals surface area contributed by atoms with Crippen LogP contribution in [0.25, 0.3) is 0 Å². The third-order valence-electron chi connectivity index (χ3n) is 2.74. The van der Waals surface area contributed by atoms with E-state index in [-0.39, 0.29) is 0 Å². The lowest BCUT2D eigenvalue weighted by Gasteiger charge is -2.32. The monoisotopic (exact) mass is 235 g/mol. The Balaban J connectivity index is 3.00. The van der Waals surface area contributed by atoms with E-state index >= 15 is 0 Å². The Morgan fingerprint density at radius 3 is 2.53 bits per heavy atom. The van der Waals surface area contributed by atoms with Crippen LogP contribution in [-0.4, -0.2) is 24.6 Å². The molecule has 0 aliphatic heterocycles. The van der Waals surface area contributed by atoms with Crippen molar-refractivity contribution in [1.29, 1.82) is 0 Å². The maximum Gasteiger partial charge on any atom is 0.0445 e. The first-order valence-corrected chi connectivity index (χ1v) is 6.40. The van der Waals surface area contributed by atoms with Gasteiger partial charge in [-0.1, -0.05) is 13.8 Å². The topological polar surface area (TPSA) is 28.2 Å². The summed E-state index contributed by atoms with van der Waals surface area (Å²) in [5.74, 6) is 0.660. The van der Waals surface area contributed by atoms with Crippen LogP contribution in [-0.2, 0) is 6.54 Å². The van der Waals surface area contributed by atoms with Gasteiger partial charge in [0, 0.05) is 42.8 Å². The minimum Gasteiger partial charge on any atom is -0.368 e.